The van der Waals surface area contributed by atoms with Crippen LogP contribution in [0.5, 0.6) is 5.75 Å². The van der Waals surface area contributed by atoms with Crippen molar-refractivity contribution in [1.29, 1.82) is 0 Å². The lowest BCUT2D eigenvalue weighted by molar-refractivity contribution is -0.143. The van der Waals surface area contributed by atoms with Gasteiger partial charge in [-0.1, -0.05) is 66.7 Å². The van der Waals surface area contributed by atoms with Crippen molar-refractivity contribution in [3.63, 3.8) is 0 Å². The molecule has 0 spiro atoms. The van der Waals surface area contributed by atoms with Crippen LogP contribution in [-0.2, 0) is 30.9 Å². The van der Waals surface area contributed by atoms with Crippen LogP contribution in [0, 0.1) is 0 Å². The van der Waals surface area contributed by atoms with Gasteiger partial charge in [-0.05, 0) is 35.4 Å². The topological polar surface area (TPSA) is 105 Å². The van der Waals surface area contributed by atoms with Gasteiger partial charge in [0.15, 0.2) is 6.61 Å². The van der Waals surface area contributed by atoms with Crippen molar-refractivity contribution in [2.75, 3.05) is 39.5 Å². The molecular weight excluding hydrogens is 530 g/mol. The van der Waals surface area contributed by atoms with E-state index >= 15 is 0 Å². The van der Waals surface area contributed by atoms with Crippen LogP contribution in [0.15, 0.2) is 102 Å². The number of ether oxygens (including phenoxy) is 2. The van der Waals surface area contributed by atoms with Gasteiger partial charge in [0.2, 0.25) is 15.9 Å². The Bertz CT molecular complexity index is 1380. The van der Waals surface area contributed by atoms with Gasteiger partial charge in [-0.3, -0.25) is 9.59 Å². The van der Waals surface area contributed by atoms with Gasteiger partial charge in [-0.25, -0.2) is 8.42 Å². The van der Waals surface area contributed by atoms with Crippen LogP contribution >= 0.6 is 0 Å². The highest BCUT2D eigenvalue weighted by molar-refractivity contribution is 7.89. The summed E-state index contributed by atoms with van der Waals surface area (Å²) in [5, 5.41) is 2.81. The van der Waals surface area contributed by atoms with Crippen LogP contribution in [0.3, 0.4) is 0 Å². The molecule has 1 aliphatic rings. The van der Waals surface area contributed by atoms with Crippen LogP contribution in [0.4, 0.5) is 0 Å². The first-order chi connectivity index (χ1) is 19.4. The second-order valence-corrected chi connectivity index (χ2v) is 11.1. The van der Waals surface area contributed by atoms with E-state index in [4.69, 9.17) is 9.47 Å². The van der Waals surface area contributed by atoms with E-state index in [1.54, 1.807) is 18.2 Å². The highest BCUT2D eigenvalue weighted by atomic mass is 32.2. The summed E-state index contributed by atoms with van der Waals surface area (Å²) in [4.78, 5) is 28.6. The third-order valence-electron chi connectivity index (χ3n) is 6.41. The second kappa shape index (κ2) is 13.9. The molecule has 210 valence electrons. The van der Waals surface area contributed by atoms with Gasteiger partial charge in [-0.2, -0.15) is 4.31 Å². The average molecular weight is 564 g/mol. The first kappa shape index (κ1) is 29.0. The molecule has 0 bridgehead atoms. The summed E-state index contributed by atoms with van der Waals surface area (Å²) in [7, 11) is -3.65. The van der Waals surface area contributed by atoms with E-state index in [0.29, 0.717) is 37.6 Å². The van der Waals surface area contributed by atoms with Gasteiger partial charge in [-0.15, -0.1) is 6.58 Å². The molecule has 40 heavy (non-hydrogen) atoms. The normalized spacial score (nSPS) is 14.6. The lowest BCUT2D eigenvalue weighted by Crippen LogP contribution is -2.45. The molecule has 0 aromatic heterocycles. The fourth-order valence-corrected chi connectivity index (χ4v) is 5.76. The monoisotopic (exact) mass is 563 g/mol. The number of carbonyl (C=O) groups is 2. The standard InChI is InChI=1S/C30H33N3O6S/c1-2-17-31-30(35)29(25-11-7-4-8-12-25)33(22-24-9-5-3-6-10-24)28(34)23-39-26-13-15-27(16-14-26)40(36,37)32-18-20-38-21-19-32/h2-16,29H,1,17-23H2,(H,31,35)/t29-/m1/s1. The smallest absolute Gasteiger partial charge is 0.261 e. The minimum Gasteiger partial charge on any atom is -0.484 e. The summed E-state index contributed by atoms with van der Waals surface area (Å²) >= 11 is 0. The molecule has 1 heterocycles. The first-order valence-electron chi connectivity index (χ1n) is 13.0. The molecular formula is C30H33N3O6S. The minimum atomic E-state index is -3.65. The Labute approximate surface area is 235 Å². The van der Waals surface area contributed by atoms with Crippen molar-refractivity contribution >= 4 is 21.8 Å². The van der Waals surface area contributed by atoms with Crippen molar-refractivity contribution in [3.8, 4) is 5.75 Å². The second-order valence-electron chi connectivity index (χ2n) is 9.13. The van der Waals surface area contributed by atoms with Gasteiger partial charge in [0.05, 0.1) is 18.1 Å². The van der Waals surface area contributed by atoms with Crippen molar-refractivity contribution < 1.29 is 27.5 Å². The van der Waals surface area contributed by atoms with Gasteiger partial charge in [0.1, 0.15) is 11.8 Å². The van der Waals surface area contributed by atoms with Crippen molar-refractivity contribution in [2.45, 2.75) is 17.5 Å². The molecule has 0 aliphatic carbocycles. The zero-order chi connectivity index (χ0) is 28.4. The van der Waals surface area contributed by atoms with Gasteiger partial charge >= 0.3 is 0 Å². The Morgan fingerprint density at radius 3 is 2.23 bits per heavy atom. The average Bonchev–Trinajstić information content (AvgIpc) is 3.00. The molecule has 3 aromatic carbocycles. The molecule has 1 N–H and O–H groups in total. The number of amides is 2. The maximum Gasteiger partial charge on any atom is 0.261 e. The van der Waals surface area contributed by atoms with Crippen molar-refractivity contribution in [3.05, 3.63) is 109 Å². The molecule has 2 amide bonds. The number of hydrogen-bond acceptors (Lipinski definition) is 6. The molecule has 3 aromatic rings. The summed E-state index contributed by atoms with van der Waals surface area (Å²) in [5.41, 5.74) is 1.51. The lowest BCUT2D eigenvalue weighted by atomic mass is 10.0. The van der Waals surface area contributed by atoms with E-state index in [1.165, 1.54) is 33.5 Å². The Morgan fingerprint density at radius 2 is 1.60 bits per heavy atom. The highest BCUT2D eigenvalue weighted by Gasteiger charge is 2.32. The summed E-state index contributed by atoms with van der Waals surface area (Å²) in [6, 6.07) is 23.5. The predicted molar refractivity (Wildman–Crippen MR) is 151 cm³/mol. The van der Waals surface area contributed by atoms with Crippen molar-refractivity contribution in [1.82, 2.24) is 14.5 Å². The molecule has 0 saturated carbocycles. The summed E-state index contributed by atoms with van der Waals surface area (Å²) < 4.78 is 38.2. The molecule has 9 nitrogen and oxygen atoms in total. The number of sulfonamides is 1. The predicted octanol–water partition coefficient (Wildman–Crippen LogP) is 3.16. The number of rotatable bonds is 12. The van der Waals surface area contributed by atoms with E-state index in [-0.39, 0.29) is 30.5 Å². The number of carbonyl (C=O) groups excluding carboxylic acids is 2. The number of nitrogens with zero attached hydrogens (tertiary/aromatic N) is 2. The molecule has 1 saturated heterocycles. The Balaban J connectivity index is 1.53. The van der Waals surface area contributed by atoms with Crippen molar-refractivity contribution in [2.24, 2.45) is 0 Å². The van der Waals surface area contributed by atoms with E-state index in [1.807, 2.05) is 48.5 Å². The third kappa shape index (κ3) is 7.35. The van der Waals surface area contributed by atoms with Crippen LogP contribution in [0.25, 0.3) is 0 Å². The Morgan fingerprint density at radius 1 is 0.975 bits per heavy atom. The van der Waals surface area contributed by atoms with Crippen LogP contribution in [0.2, 0.25) is 0 Å². The van der Waals surface area contributed by atoms with Gasteiger partial charge in [0, 0.05) is 26.2 Å². The largest absolute Gasteiger partial charge is 0.484 e. The summed E-state index contributed by atoms with van der Waals surface area (Å²) in [6.45, 7) is 5.07. The van der Waals surface area contributed by atoms with Crippen LogP contribution in [-0.4, -0.2) is 68.9 Å². The summed E-state index contributed by atoms with van der Waals surface area (Å²) in [5.74, 6) is -0.411. The molecule has 10 heteroatoms. The molecule has 1 atom stereocenters. The number of hydrogen-bond donors (Lipinski definition) is 1. The van der Waals surface area contributed by atoms with E-state index < -0.39 is 22.0 Å². The van der Waals surface area contributed by atoms with E-state index in [2.05, 4.69) is 11.9 Å². The summed E-state index contributed by atoms with van der Waals surface area (Å²) in [6.07, 6.45) is 1.58. The number of nitrogens with one attached hydrogen (secondary N) is 1. The first-order valence-corrected chi connectivity index (χ1v) is 14.4. The van der Waals surface area contributed by atoms with Crippen LogP contribution < -0.4 is 10.1 Å². The maximum atomic E-state index is 13.6. The van der Waals surface area contributed by atoms with Gasteiger partial charge < -0.3 is 19.7 Å². The molecule has 0 unspecified atom stereocenters. The Hall–Kier alpha value is -3.99. The fraction of sp³-hybridized carbons (Fsp3) is 0.267. The third-order valence-corrected chi connectivity index (χ3v) is 8.32. The lowest BCUT2D eigenvalue weighted by Gasteiger charge is -2.31. The maximum absolute atomic E-state index is 13.6. The molecule has 4 rings (SSSR count). The van der Waals surface area contributed by atoms with Crippen LogP contribution in [0.1, 0.15) is 17.2 Å². The SMILES string of the molecule is C=CCNC(=O)[C@@H](c1ccccc1)N(Cc1ccccc1)C(=O)COc1ccc(S(=O)(=O)N2CCOCC2)cc1. The number of benzene rings is 3. The van der Waals surface area contributed by atoms with Gasteiger partial charge in [0.25, 0.3) is 5.91 Å². The zero-order valence-electron chi connectivity index (χ0n) is 22.1. The van der Waals surface area contributed by atoms with E-state index in [9.17, 15) is 18.0 Å². The molecule has 1 fully saturated rings. The number of morpholine rings is 1. The Kier molecular flexibility index (Phi) is 10.1. The zero-order valence-corrected chi connectivity index (χ0v) is 23.0. The fourth-order valence-electron chi connectivity index (χ4n) is 4.35. The highest BCUT2D eigenvalue weighted by Crippen LogP contribution is 2.25. The molecule has 0 radical (unpaired) electrons. The quantitative estimate of drug-likeness (QED) is 0.340. The molecule has 1 aliphatic heterocycles. The van der Waals surface area contributed by atoms with E-state index in [0.717, 1.165) is 5.56 Å². The minimum absolute atomic E-state index is 0.141.